The minimum Gasteiger partial charge on any atom is -0.259 e. The Bertz CT molecular complexity index is 788. The van der Waals surface area contributed by atoms with Crippen LogP contribution in [-0.4, -0.2) is 4.98 Å². The Morgan fingerprint density at radius 1 is 0.957 bits per heavy atom. The van der Waals surface area contributed by atoms with Crippen LogP contribution in [0.15, 0.2) is 78.1 Å². The number of hydrogen-bond acceptors (Lipinski definition) is 3. The molecule has 3 aromatic rings. The monoisotopic (exact) mass is 322 g/mol. The highest BCUT2D eigenvalue weighted by atomic mass is 35.5. The number of aromatic nitrogens is 1. The van der Waals surface area contributed by atoms with Crippen LogP contribution in [0.3, 0.4) is 0 Å². The Labute approximate surface area is 139 Å². The second-order valence-electron chi connectivity index (χ2n) is 5.26. The molecule has 0 amide bonds. The summed E-state index contributed by atoms with van der Waals surface area (Å²) in [6.45, 7) is 0. The third-order valence-electron chi connectivity index (χ3n) is 3.73. The summed E-state index contributed by atoms with van der Waals surface area (Å²) in [6, 6.07) is 20.5. The molecule has 0 aliphatic heterocycles. The van der Waals surface area contributed by atoms with Crippen LogP contribution >= 0.6 is 11.6 Å². The molecule has 23 heavy (non-hydrogen) atoms. The van der Waals surface area contributed by atoms with Gasteiger partial charge in [-0.25, -0.2) is 0 Å². The van der Waals surface area contributed by atoms with Gasteiger partial charge in [0.2, 0.25) is 0 Å². The Morgan fingerprint density at radius 2 is 1.70 bits per heavy atom. The lowest BCUT2D eigenvalue weighted by Crippen LogP contribution is -2.04. The van der Waals surface area contributed by atoms with Crippen LogP contribution in [0.1, 0.15) is 28.4 Å². The van der Waals surface area contributed by atoms with E-state index in [9.17, 15) is 4.91 Å². The fraction of sp³-hybridized carbons (Fsp3) is 0.105. The number of nitrogens with zero attached hydrogens (tertiary/aromatic N) is 2. The van der Waals surface area contributed by atoms with E-state index < -0.39 is 6.04 Å². The molecule has 0 saturated heterocycles. The van der Waals surface area contributed by atoms with Crippen molar-refractivity contribution >= 4 is 11.6 Å². The normalized spacial score (nSPS) is 11.9. The average molecular weight is 323 g/mol. The van der Waals surface area contributed by atoms with E-state index >= 15 is 0 Å². The Balaban J connectivity index is 1.96. The van der Waals surface area contributed by atoms with Crippen molar-refractivity contribution in [1.82, 2.24) is 4.98 Å². The molecule has 114 valence electrons. The lowest BCUT2D eigenvalue weighted by Gasteiger charge is -2.14. The number of halogens is 1. The summed E-state index contributed by atoms with van der Waals surface area (Å²) < 4.78 is 0. The zero-order valence-corrected chi connectivity index (χ0v) is 13.1. The number of benzene rings is 2. The van der Waals surface area contributed by atoms with Crippen LogP contribution in [0.25, 0.3) is 0 Å². The van der Waals surface area contributed by atoms with E-state index in [4.69, 9.17) is 11.6 Å². The molecule has 1 aromatic heterocycles. The molecule has 0 bridgehead atoms. The van der Waals surface area contributed by atoms with Crippen molar-refractivity contribution in [3.8, 4) is 0 Å². The predicted molar refractivity (Wildman–Crippen MR) is 92.6 cm³/mol. The number of hydrogen-bond donors (Lipinski definition) is 0. The van der Waals surface area contributed by atoms with Gasteiger partial charge in [0.1, 0.15) is 0 Å². The van der Waals surface area contributed by atoms with Crippen LogP contribution in [-0.2, 0) is 6.42 Å². The molecular formula is C19H15ClN2O. The van der Waals surface area contributed by atoms with Crippen molar-refractivity contribution in [2.45, 2.75) is 12.5 Å². The summed E-state index contributed by atoms with van der Waals surface area (Å²) in [5.74, 6) is 0. The van der Waals surface area contributed by atoms with Gasteiger partial charge in [-0.3, -0.25) is 4.98 Å². The maximum Gasteiger partial charge on any atom is 0.159 e. The summed E-state index contributed by atoms with van der Waals surface area (Å²) in [7, 11) is 0. The van der Waals surface area contributed by atoms with Crippen LogP contribution in [0.4, 0.5) is 0 Å². The van der Waals surface area contributed by atoms with E-state index in [1.54, 1.807) is 6.20 Å². The first-order chi connectivity index (χ1) is 11.3. The summed E-state index contributed by atoms with van der Waals surface area (Å²) in [5, 5.41) is 4.02. The summed E-state index contributed by atoms with van der Waals surface area (Å²) in [5.41, 5.74) is 3.74. The number of pyridine rings is 1. The van der Waals surface area contributed by atoms with E-state index in [0.29, 0.717) is 17.1 Å². The van der Waals surface area contributed by atoms with Crippen molar-refractivity contribution < 1.29 is 0 Å². The van der Waals surface area contributed by atoms with Gasteiger partial charge in [-0.15, -0.1) is 4.91 Å². The van der Waals surface area contributed by atoms with Gasteiger partial charge in [-0.05, 0) is 47.4 Å². The third-order valence-corrected chi connectivity index (χ3v) is 3.98. The number of rotatable bonds is 5. The van der Waals surface area contributed by atoms with Crippen molar-refractivity contribution in [3.63, 3.8) is 0 Å². The molecule has 0 N–H and O–H groups in total. The maximum atomic E-state index is 11.4. The lowest BCUT2D eigenvalue weighted by atomic mass is 9.94. The van der Waals surface area contributed by atoms with Crippen molar-refractivity contribution in [1.29, 1.82) is 0 Å². The van der Waals surface area contributed by atoms with Crippen LogP contribution in [0.2, 0.25) is 5.02 Å². The minimum absolute atomic E-state index is 0.597. The molecule has 0 aliphatic rings. The molecule has 0 saturated carbocycles. The molecule has 0 spiro atoms. The first kappa shape index (κ1) is 15.4. The van der Waals surface area contributed by atoms with Gasteiger partial charge >= 0.3 is 0 Å². The van der Waals surface area contributed by atoms with E-state index in [0.717, 1.165) is 16.7 Å². The van der Waals surface area contributed by atoms with E-state index in [2.05, 4.69) is 10.2 Å². The van der Waals surface area contributed by atoms with Crippen LogP contribution in [0.5, 0.6) is 0 Å². The molecule has 0 fully saturated rings. The van der Waals surface area contributed by atoms with Gasteiger partial charge in [0.15, 0.2) is 6.04 Å². The van der Waals surface area contributed by atoms with Crippen LogP contribution < -0.4 is 0 Å². The molecule has 3 rings (SSSR count). The standard InChI is InChI=1S/C19H15ClN2O/c20-16-10-8-14(9-11-16)13-15-5-1-2-6-17(15)19(22-23)18-7-3-4-12-21-18/h1-12,19H,13H2. The molecule has 1 atom stereocenters. The molecule has 0 aliphatic carbocycles. The van der Waals surface area contributed by atoms with Crippen molar-refractivity contribution in [3.05, 3.63) is 105 Å². The summed E-state index contributed by atoms with van der Waals surface area (Å²) in [6.07, 6.45) is 2.39. The highest BCUT2D eigenvalue weighted by molar-refractivity contribution is 6.30. The Hall–Kier alpha value is -2.52. The molecule has 1 heterocycles. The Morgan fingerprint density at radius 3 is 2.39 bits per heavy atom. The number of nitroso groups, excluding NO2 is 1. The highest BCUT2D eigenvalue weighted by Crippen LogP contribution is 2.28. The van der Waals surface area contributed by atoms with Gasteiger partial charge in [0, 0.05) is 11.2 Å². The van der Waals surface area contributed by atoms with Crippen molar-refractivity contribution in [2.24, 2.45) is 5.18 Å². The molecular weight excluding hydrogens is 308 g/mol. The third kappa shape index (κ3) is 3.63. The smallest absolute Gasteiger partial charge is 0.159 e. The largest absolute Gasteiger partial charge is 0.259 e. The second kappa shape index (κ2) is 7.16. The first-order valence-electron chi connectivity index (χ1n) is 7.33. The predicted octanol–water partition coefficient (Wildman–Crippen LogP) is 5.18. The fourth-order valence-corrected chi connectivity index (χ4v) is 2.72. The minimum atomic E-state index is -0.597. The Kier molecular flexibility index (Phi) is 4.79. The van der Waals surface area contributed by atoms with E-state index in [1.165, 1.54) is 0 Å². The summed E-state index contributed by atoms with van der Waals surface area (Å²) >= 11 is 5.93. The molecule has 3 nitrogen and oxygen atoms in total. The molecule has 1 unspecified atom stereocenters. The van der Waals surface area contributed by atoms with Gasteiger partial charge in [0.05, 0.1) is 5.69 Å². The maximum absolute atomic E-state index is 11.4. The zero-order chi connectivity index (χ0) is 16.1. The first-order valence-corrected chi connectivity index (χ1v) is 7.71. The summed E-state index contributed by atoms with van der Waals surface area (Å²) in [4.78, 5) is 15.7. The highest BCUT2D eigenvalue weighted by Gasteiger charge is 2.19. The second-order valence-corrected chi connectivity index (χ2v) is 5.70. The van der Waals surface area contributed by atoms with Crippen molar-refractivity contribution in [2.75, 3.05) is 0 Å². The van der Waals surface area contributed by atoms with E-state index in [-0.39, 0.29) is 0 Å². The molecule has 0 radical (unpaired) electrons. The van der Waals surface area contributed by atoms with Gasteiger partial charge in [0.25, 0.3) is 0 Å². The van der Waals surface area contributed by atoms with Gasteiger partial charge in [-0.2, -0.15) is 0 Å². The SMILES string of the molecule is O=NC(c1ccccn1)c1ccccc1Cc1ccc(Cl)cc1. The quantitative estimate of drug-likeness (QED) is 0.607. The molecule has 4 heteroatoms. The van der Waals surface area contributed by atoms with Gasteiger partial charge < -0.3 is 0 Å². The fourth-order valence-electron chi connectivity index (χ4n) is 2.59. The topological polar surface area (TPSA) is 42.3 Å². The average Bonchev–Trinajstić information content (AvgIpc) is 2.60. The molecule has 2 aromatic carbocycles. The van der Waals surface area contributed by atoms with Gasteiger partial charge in [-0.1, -0.05) is 59.2 Å². The lowest BCUT2D eigenvalue weighted by molar-refractivity contribution is 0.810. The van der Waals surface area contributed by atoms with Crippen LogP contribution in [0, 0.1) is 4.91 Å². The zero-order valence-electron chi connectivity index (χ0n) is 12.4. The van der Waals surface area contributed by atoms with E-state index in [1.807, 2.05) is 66.7 Å².